The molecule has 1 aromatic carbocycles. The third-order valence-electron chi connectivity index (χ3n) is 4.14. The first kappa shape index (κ1) is 20.2. The number of hydrogen-bond donors (Lipinski definition) is 0. The Morgan fingerprint density at radius 2 is 1.82 bits per heavy atom. The standard InChI is InChI=1S/C20H24O8/c1-20(2)27-18(21)14(19(22)28-20)12-13-6-4-7-15(23-3)17(13)26-11-8-16-24-9-5-10-25-16/h4,6-7,12,16H,5,8-11H2,1-3H3. The molecule has 2 aliphatic rings. The number of methoxy groups -OCH3 is 1. The van der Waals surface area contributed by atoms with E-state index >= 15 is 0 Å². The predicted octanol–water partition coefficient (Wildman–Crippen LogP) is 2.45. The van der Waals surface area contributed by atoms with Crippen molar-refractivity contribution in [2.75, 3.05) is 26.9 Å². The van der Waals surface area contributed by atoms with Gasteiger partial charge in [-0.25, -0.2) is 9.59 Å². The summed E-state index contributed by atoms with van der Waals surface area (Å²) in [6, 6.07) is 5.17. The lowest BCUT2D eigenvalue weighted by Gasteiger charge is -2.29. The van der Waals surface area contributed by atoms with E-state index in [2.05, 4.69) is 0 Å². The Kier molecular flexibility index (Phi) is 6.21. The first-order chi connectivity index (χ1) is 13.4. The number of rotatable bonds is 6. The molecule has 2 aliphatic heterocycles. The number of cyclic esters (lactones) is 2. The third-order valence-corrected chi connectivity index (χ3v) is 4.14. The van der Waals surface area contributed by atoms with Crippen molar-refractivity contribution in [2.24, 2.45) is 0 Å². The summed E-state index contributed by atoms with van der Waals surface area (Å²) in [5.41, 5.74) is 0.282. The van der Waals surface area contributed by atoms with Crippen molar-refractivity contribution in [1.82, 2.24) is 0 Å². The number of carbonyl (C=O) groups excluding carboxylic acids is 2. The van der Waals surface area contributed by atoms with E-state index in [1.54, 1.807) is 18.2 Å². The van der Waals surface area contributed by atoms with Crippen molar-refractivity contribution >= 4 is 18.0 Å². The lowest BCUT2D eigenvalue weighted by Crippen LogP contribution is -2.41. The number of carbonyl (C=O) groups is 2. The SMILES string of the molecule is COc1cccc(C=C2C(=O)OC(C)(C)OC2=O)c1OCCC1OCCCO1. The Balaban J connectivity index is 1.79. The van der Waals surface area contributed by atoms with Gasteiger partial charge in [-0.05, 0) is 18.6 Å². The molecular formula is C20H24O8. The summed E-state index contributed by atoms with van der Waals surface area (Å²) >= 11 is 0. The summed E-state index contributed by atoms with van der Waals surface area (Å²) in [5.74, 6) is -1.92. The van der Waals surface area contributed by atoms with E-state index in [4.69, 9.17) is 28.4 Å². The van der Waals surface area contributed by atoms with Gasteiger partial charge in [0.15, 0.2) is 17.8 Å². The molecule has 2 heterocycles. The predicted molar refractivity (Wildman–Crippen MR) is 97.7 cm³/mol. The molecule has 28 heavy (non-hydrogen) atoms. The zero-order valence-electron chi connectivity index (χ0n) is 16.2. The highest BCUT2D eigenvalue weighted by Crippen LogP contribution is 2.34. The van der Waals surface area contributed by atoms with Crippen molar-refractivity contribution < 1.29 is 38.0 Å². The van der Waals surface area contributed by atoms with Gasteiger partial charge < -0.3 is 28.4 Å². The minimum atomic E-state index is -1.29. The Bertz CT molecular complexity index is 739. The topological polar surface area (TPSA) is 89.5 Å². The fraction of sp³-hybridized carbons (Fsp3) is 0.500. The van der Waals surface area contributed by atoms with Gasteiger partial charge in [0.1, 0.15) is 5.57 Å². The largest absolute Gasteiger partial charge is 0.493 e. The summed E-state index contributed by atoms with van der Waals surface area (Å²) in [6.45, 7) is 4.63. The molecule has 1 aromatic rings. The first-order valence-corrected chi connectivity index (χ1v) is 9.11. The fourth-order valence-corrected chi connectivity index (χ4v) is 2.86. The van der Waals surface area contributed by atoms with Gasteiger partial charge in [0, 0.05) is 25.8 Å². The number of ether oxygens (including phenoxy) is 6. The van der Waals surface area contributed by atoms with E-state index in [1.165, 1.54) is 27.0 Å². The molecule has 0 atom stereocenters. The smallest absolute Gasteiger partial charge is 0.348 e. The van der Waals surface area contributed by atoms with Crippen LogP contribution in [0.3, 0.4) is 0 Å². The summed E-state index contributed by atoms with van der Waals surface area (Å²) in [4.78, 5) is 24.4. The van der Waals surface area contributed by atoms with Crippen LogP contribution < -0.4 is 9.47 Å². The third kappa shape index (κ3) is 4.82. The highest BCUT2D eigenvalue weighted by Gasteiger charge is 2.39. The molecule has 2 fully saturated rings. The quantitative estimate of drug-likeness (QED) is 0.414. The minimum Gasteiger partial charge on any atom is -0.493 e. The van der Waals surface area contributed by atoms with Gasteiger partial charge >= 0.3 is 11.9 Å². The van der Waals surface area contributed by atoms with Crippen LogP contribution in [0.25, 0.3) is 6.08 Å². The van der Waals surface area contributed by atoms with Gasteiger partial charge in [-0.1, -0.05) is 12.1 Å². The maximum atomic E-state index is 12.2. The Hall–Kier alpha value is -2.58. The molecule has 152 valence electrons. The molecule has 2 saturated heterocycles. The van der Waals surface area contributed by atoms with Crippen LogP contribution in [0.4, 0.5) is 0 Å². The number of para-hydroxylation sites is 1. The van der Waals surface area contributed by atoms with E-state index in [0.717, 1.165) is 6.42 Å². The number of esters is 2. The minimum absolute atomic E-state index is 0.212. The number of hydrogen-bond acceptors (Lipinski definition) is 8. The zero-order valence-corrected chi connectivity index (χ0v) is 16.2. The molecule has 8 heteroatoms. The van der Waals surface area contributed by atoms with Crippen molar-refractivity contribution in [2.45, 2.75) is 38.8 Å². The second-order valence-corrected chi connectivity index (χ2v) is 6.78. The Morgan fingerprint density at radius 3 is 2.46 bits per heavy atom. The Morgan fingerprint density at radius 1 is 1.14 bits per heavy atom. The van der Waals surface area contributed by atoms with Crippen LogP contribution in [0.2, 0.25) is 0 Å². The number of benzene rings is 1. The van der Waals surface area contributed by atoms with Crippen LogP contribution >= 0.6 is 0 Å². The second-order valence-electron chi connectivity index (χ2n) is 6.78. The van der Waals surface area contributed by atoms with Crippen molar-refractivity contribution in [3.63, 3.8) is 0 Å². The van der Waals surface area contributed by atoms with E-state index in [-0.39, 0.29) is 11.9 Å². The Labute approximate surface area is 163 Å². The summed E-state index contributed by atoms with van der Waals surface area (Å²) in [5, 5.41) is 0. The van der Waals surface area contributed by atoms with Crippen LogP contribution in [-0.4, -0.2) is 50.9 Å². The molecule has 0 bridgehead atoms. The molecule has 0 aliphatic carbocycles. The molecule has 8 nitrogen and oxygen atoms in total. The van der Waals surface area contributed by atoms with Crippen LogP contribution in [0.1, 0.15) is 32.3 Å². The average Bonchev–Trinajstić information content (AvgIpc) is 2.65. The molecule has 0 aromatic heterocycles. The average molecular weight is 392 g/mol. The second kappa shape index (κ2) is 8.62. The highest BCUT2D eigenvalue weighted by molar-refractivity contribution is 6.19. The maximum Gasteiger partial charge on any atom is 0.348 e. The molecule has 0 saturated carbocycles. The van der Waals surface area contributed by atoms with Crippen LogP contribution in [-0.2, 0) is 28.5 Å². The lowest BCUT2D eigenvalue weighted by atomic mass is 10.1. The highest BCUT2D eigenvalue weighted by atomic mass is 16.7. The summed E-state index contributed by atoms with van der Waals surface area (Å²) in [6.07, 6.45) is 2.48. The molecule has 0 amide bonds. The molecule has 0 radical (unpaired) electrons. The molecule has 0 N–H and O–H groups in total. The van der Waals surface area contributed by atoms with E-state index < -0.39 is 17.7 Å². The van der Waals surface area contributed by atoms with Gasteiger partial charge in [0.25, 0.3) is 5.79 Å². The van der Waals surface area contributed by atoms with Crippen LogP contribution in [0.5, 0.6) is 11.5 Å². The monoisotopic (exact) mass is 392 g/mol. The van der Waals surface area contributed by atoms with Crippen molar-refractivity contribution in [3.05, 3.63) is 29.3 Å². The van der Waals surface area contributed by atoms with Crippen molar-refractivity contribution in [1.29, 1.82) is 0 Å². The maximum absolute atomic E-state index is 12.2. The van der Waals surface area contributed by atoms with Crippen LogP contribution in [0, 0.1) is 0 Å². The molecular weight excluding hydrogens is 368 g/mol. The summed E-state index contributed by atoms with van der Waals surface area (Å²) in [7, 11) is 1.51. The summed E-state index contributed by atoms with van der Waals surface area (Å²) < 4.78 is 32.5. The van der Waals surface area contributed by atoms with E-state index in [0.29, 0.717) is 43.3 Å². The van der Waals surface area contributed by atoms with Gasteiger partial charge in [0.2, 0.25) is 0 Å². The van der Waals surface area contributed by atoms with Gasteiger partial charge in [0.05, 0.1) is 26.9 Å². The lowest BCUT2D eigenvalue weighted by molar-refractivity contribution is -0.222. The fourth-order valence-electron chi connectivity index (χ4n) is 2.86. The molecule has 0 spiro atoms. The molecule has 0 unspecified atom stereocenters. The normalized spacial score (nSPS) is 19.6. The van der Waals surface area contributed by atoms with Gasteiger partial charge in [-0.15, -0.1) is 0 Å². The van der Waals surface area contributed by atoms with E-state index in [1.807, 2.05) is 0 Å². The zero-order chi connectivity index (χ0) is 20.1. The van der Waals surface area contributed by atoms with Gasteiger partial charge in [-0.2, -0.15) is 0 Å². The van der Waals surface area contributed by atoms with E-state index in [9.17, 15) is 9.59 Å². The molecule has 3 rings (SSSR count). The van der Waals surface area contributed by atoms with Crippen molar-refractivity contribution in [3.8, 4) is 11.5 Å². The van der Waals surface area contributed by atoms with Crippen LogP contribution in [0.15, 0.2) is 23.8 Å². The van der Waals surface area contributed by atoms with Gasteiger partial charge in [-0.3, -0.25) is 0 Å². The first-order valence-electron chi connectivity index (χ1n) is 9.11.